The van der Waals surface area contributed by atoms with Crippen molar-refractivity contribution >= 4 is 34.3 Å². The molecule has 0 radical (unpaired) electrons. The molecule has 0 aromatic carbocycles. The normalized spacial score (nSPS) is 22.1. The minimum Gasteiger partial charge on any atom is -0.481 e. The highest BCUT2D eigenvalue weighted by atomic mass is 28.4. The molecule has 10 nitrogen and oxygen atoms in total. The molecule has 1 aromatic rings. The molecule has 3 atom stereocenters. The number of carboxylic acid groups (broad SMARTS) is 1. The number of alkyl halides is 2. The molecule has 1 amide bonds. The number of anilines is 1. The third-order valence-corrected chi connectivity index (χ3v) is 16.9. The third-order valence-electron chi connectivity index (χ3n) is 7.91. The topological polar surface area (TPSA) is 129 Å². The lowest BCUT2D eigenvalue weighted by molar-refractivity contribution is -0.138. The fraction of sp³-hybridized carbons (Fsp3) is 0.760. The maximum absolute atomic E-state index is 16.1. The smallest absolute Gasteiger partial charge is 0.351 e. The second-order valence-electron chi connectivity index (χ2n) is 13.0. The number of carboxylic acids is 1. The number of hydrogen-bond acceptors (Lipinski definition) is 7. The van der Waals surface area contributed by atoms with Crippen LogP contribution in [0.3, 0.4) is 0 Å². The van der Waals surface area contributed by atoms with E-state index in [-0.39, 0.29) is 28.9 Å². The Morgan fingerprint density at radius 3 is 2.15 bits per heavy atom. The highest BCUT2D eigenvalue weighted by Gasteiger charge is 2.63. The Balaban J connectivity index is 2.39. The van der Waals surface area contributed by atoms with Crippen LogP contribution in [0.1, 0.15) is 60.6 Å². The van der Waals surface area contributed by atoms with Crippen LogP contribution in [-0.2, 0) is 23.2 Å². The summed E-state index contributed by atoms with van der Waals surface area (Å²) >= 11 is 0. The monoisotopic (exact) mass is 591 g/mol. The molecule has 14 heteroatoms. The van der Waals surface area contributed by atoms with Crippen molar-refractivity contribution in [1.82, 2.24) is 9.55 Å². The van der Waals surface area contributed by atoms with E-state index in [1.807, 2.05) is 67.7 Å². The summed E-state index contributed by atoms with van der Waals surface area (Å²) in [6.07, 6.45) is -4.46. The minimum absolute atomic E-state index is 0.123. The molecule has 1 saturated heterocycles. The third kappa shape index (κ3) is 7.81. The van der Waals surface area contributed by atoms with E-state index in [2.05, 4.69) is 10.3 Å². The first-order valence-corrected chi connectivity index (χ1v) is 18.8. The van der Waals surface area contributed by atoms with Crippen molar-refractivity contribution in [2.24, 2.45) is 0 Å². The average Bonchev–Trinajstić information content (AvgIpc) is 2.99. The largest absolute Gasteiger partial charge is 0.481 e. The van der Waals surface area contributed by atoms with E-state index in [4.69, 9.17) is 18.7 Å². The maximum Gasteiger partial charge on any atom is 0.351 e. The van der Waals surface area contributed by atoms with Gasteiger partial charge in [-0.05, 0) is 42.3 Å². The fourth-order valence-corrected chi connectivity index (χ4v) is 5.65. The van der Waals surface area contributed by atoms with Gasteiger partial charge < -0.3 is 24.0 Å². The van der Waals surface area contributed by atoms with E-state index in [0.717, 1.165) is 6.20 Å². The van der Waals surface area contributed by atoms with Crippen LogP contribution >= 0.6 is 0 Å². The van der Waals surface area contributed by atoms with Gasteiger partial charge in [-0.2, -0.15) is 13.8 Å². The number of aliphatic carboxylic acids is 1. The van der Waals surface area contributed by atoms with Crippen molar-refractivity contribution in [3.63, 3.8) is 0 Å². The van der Waals surface area contributed by atoms with E-state index in [1.54, 1.807) is 0 Å². The van der Waals surface area contributed by atoms with Crippen LogP contribution in [0.4, 0.5) is 14.6 Å². The van der Waals surface area contributed by atoms with Crippen LogP contribution in [0, 0.1) is 0 Å². The van der Waals surface area contributed by atoms with Gasteiger partial charge in [-0.3, -0.25) is 14.2 Å². The first-order chi connectivity index (χ1) is 17.5. The summed E-state index contributed by atoms with van der Waals surface area (Å²) < 4.78 is 51.1. The molecule has 0 bridgehead atoms. The lowest BCUT2D eigenvalue weighted by atomic mass is 10.1. The summed E-state index contributed by atoms with van der Waals surface area (Å²) in [4.78, 5) is 39.1. The van der Waals surface area contributed by atoms with Crippen LogP contribution in [0.25, 0.3) is 0 Å². The Morgan fingerprint density at radius 2 is 1.67 bits per heavy atom. The first-order valence-electron chi connectivity index (χ1n) is 13.0. The maximum atomic E-state index is 16.1. The summed E-state index contributed by atoms with van der Waals surface area (Å²) in [7, 11) is -5.02. The molecule has 1 aliphatic heterocycles. The Bertz CT molecular complexity index is 1110. The van der Waals surface area contributed by atoms with Crippen molar-refractivity contribution in [3.05, 3.63) is 22.7 Å². The molecule has 222 valence electrons. The van der Waals surface area contributed by atoms with Crippen molar-refractivity contribution in [2.75, 3.05) is 11.9 Å². The van der Waals surface area contributed by atoms with Gasteiger partial charge in [0.2, 0.25) is 12.1 Å². The van der Waals surface area contributed by atoms with E-state index in [9.17, 15) is 14.4 Å². The van der Waals surface area contributed by atoms with Crippen LogP contribution in [0.15, 0.2) is 17.1 Å². The number of aromatic nitrogens is 2. The van der Waals surface area contributed by atoms with Gasteiger partial charge in [-0.25, -0.2) is 4.79 Å². The SMILES string of the molecule is CC(C)(C)[Si](C)(C)OC[C@H]1O[C@@H](n2ccc(NC(=O)CCC(=O)O)nc2=O)C(F)(F)[C@@H]1O[Si](C)(C)C(C)(C)C. The summed E-state index contributed by atoms with van der Waals surface area (Å²) in [5.41, 5.74) is -1.06. The number of carbonyl (C=O) groups is 2. The molecular formula is C25H43F2N3O7Si2. The standard InChI is InChI=1S/C25H43F2N3O7Si2/c1-23(2,3)38(7,8)35-15-16-20(37-39(9,10)24(4,5)6)25(26,27)21(36-16)30-14-13-17(29-22(30)34)28-18(31)11-12-19(32)33/h13-14,16,20-21H,11-12,15H2,1-10H3,(H,32,33)(H,28,29,31,34)/t16-,20-,21-/m1/s1. The molecular weight excluding hydrogens is 548 g/mol. The van der Waals surface area contributed by atoms with Crippen LogP contribution in [-0.4, -0.2) is 67.9 Å². The van der Waals surface area contributed by atoms with Gasteiger partial charge in [0.15, 0.2) is 16.6 Å². The molecule has 2 rings (SSSR count). The molecule has 1 fully saturated rings. The van der Waals surface area contributed by atoms with Crippen molar-refractivity contribution < 1.29 is 37.1 Å². The number of amides is 1. The number of halogens is 2. The van der Waals surface area contributed by atoms with Gasteiger partial charge in [0, 0.05) is 12.6 Å². The van der Waals surface area contributed by atoms with Crippen molar-refractivity contribution in [2.45, 2.75) is 115 Å². The minimum atomic E-state index is -3.60. The second-order valence-corrected chi connectivity index (χ2v) is 22.6. The highest BCUT2D eigenvalue weighted by molar-refractivity contribution is 6.74. The van der Waals surface area contributed by atoms with Crippen molar-refractivity contribution in [1.29, 1.82) is 0 Å². The number of rotatable bonds is 10. The predicted octanol–water partition coefficient (Wildman–Crippen LogP) is 4.99. The number of nitrogens with one attached hydrogen (secondary N) is 1. The van der Waals surface area contributed by atoms with Gasteiger partial charge >= 0.3 is 17.6 Å². The van der Waals surface area contributed by atoms with E-state index in [0.29, 0.717) is 4.57 Å². The lowest BCUT2D eigenvalue weighted by Gasteiger charge is -2.41. The molecule has 0 saturated carbocycles. The molecule has 1 aliphatic rings. The van der Waals surface area contributed by atoms with Crippen LogP contribution in [0.5, 0.6) is 0 Å². The summed E-state index contributed by atoms with van der Waals surface area (Å²) in [5.74, 6) is -5.61. The molecule has 0 spiro atoms. The van der Waals surface area contributed by atoms with Gasteiger partial charge in [-0.1, -0.05) is 41.5 Å². The zero-order valence-electron chi connectivity index (χ0n) is 24.6. The number of hydrogen-bond donors (Lipinski definition) is 2. The summed E-state index contributed by atoms with van der Waals surface area (Å²) in [6.45, 7) is 19.6. The fourth-order valence-electron chi connectivity index (χ4n) is 3.34. The predicted molar refractivity (Wildman–Crippen MR) is 148 cm³/mol. The molecule has 2 heterocycles. The van der Waals surface area contributed by atoms with Gasteiger partial charge in [0.05, 0.1) is 13.0 Å². The number of carbonyl (C=O) groups excluding carboxylic acids is 1. The zero-order valence-corrected chi connectivity index (χ0v) is 26.6. The second kappa shape index (κ2) is 11.5. The Morgan fingerprint density at radius 1 is 1.10 bits per heavy atom. The van der Waals surface area contributed by atoms with Crippen molar-refractivity contribution in [3.8, 4) is 0 Å². The van der Waals surface area contributed by atoms with Crippen LogP contribution in [0.2, 0.25) is 36.3 Å². The average molecular weight is 592 g/mol. The first kappa shape index (κ1) is 33.2. The lowest BCUT2D eigenvalue weighted by Crippen LogP contribution is -2.53. The van der Waals surface area contributed by atoms with Gasteiger partial charge in [0.1, 0.15) is 18.0 Å². The summed E-state index contributed by atoms with van der Waals surface area (Å²) in [6, 6.07) is 1.18. The van der Waals surface area contributed by atoms with E-state index in [1.165, 1.54) is 6.07 Å². The quantitative estimate of drug-likeness (QED) is 0.364. The van der Waals surface area contributed by atoms with E-state index >= 15 is 8.78 Å². The van der Waals surface area contributed by atoms with Crippen LogP contribution < -0.4 is 11.0 Å². The molecule has 0 aliphatic carbocycles. The molecule has 39 heavy (non-hydrogen) atoms. The van der Waals surface area contributed by atoms with Gasteiger partial charge in [0.25, 0.3) is 0 Å². The zero-order chi connectivity index (χ0) is 30.2. The number of nitrogens with zero attached hydrogens (tertiary/aromatic N) is 2. The highest BCUT2D eigenvalue weighted by Crippen LogP contribution is 2.48. The Labute approximate surface area is 230 Å². The molecule has 0 unspecified atom stereocenters. The Hall–Kier alpha value is -2.01. The molecule has 2 N–H and O–H groups in total. The Kier molecular flexibility index (Phi) is 9.76. The molecule has 1 aromatic heterocycles. The van der Waals surface area contributed by atoms with Gasteiger partial charge in [-0.15, -0.1) is 0 Å². The summed E-state index contributed by atoms with van der Waals surface area (Å²) in [5, 5.41) is 10.5. The van der Waals surface area contributed by atoms with E-state index < -0.39 is 65.0 Å². The number of ether oxygens (including phenoxy) is 1.